The van der Waals surface area contributed by atoms with Crippen molar-refractivity contribution in [3.05, 3.63) is 35.9 Å². The number of hydrogen-bond donors (Lipinski definition) is 0. The fourth-order valence-corrected chi connectivity index (χ4v) is 1.95. The number of carbonyl (C=O) groups is 1. The largest absolute Gasteiger partial charge is 0.465 e. The lowest BCUT2D eigenvalue weighted by atomic mass is 10.2. The lowest BCUT2D eigenvalue weighted by Crippen LogP contribution is -2.10. The molecule has 1 aromatic carbocycles. The van der Waals surface area contributed by atoms with Gasteiger partial charge in [-0.25, -0.2) is 0 Å². The highest BCUT2D eigenvalue weighted by atomic mass is 32.2. The number of carbonyl (C=O) groups excluding carboxylic acids is 1. The second-order valence-corrected chi connectivity index (χ2v) is 4.61. The Bertz CT molecular complexity index is 298. The Hall–Kier alpha value is -0.960. The van der Waals surface area contributed by atoms with Gasteiger partial charge in [0.05, 0.1) is 12.4 Å². The molecular formula is C13H18O2S. The first-order valence-corrected chi connectivity index (χ1v) is 6.75. The van der Waals surface area contributed by atoms with Crippen molar-refractivity contribution >= 4 is 17.7 Å². The standard InChI is InChI=1S/C13H18O2S/c1-2-10-16-11-13(14)15-9-8-12-6-4-3-5-7-12/h3-7H,2,8-11H2,1H3. The van der Waals surface area contributed by atoms with Crippen LogP contribution in [0.4, 0.5) is 0 Å². The Labute approximate surface area is 101 Å². The molecule has 0 aromatic heterocycles. The fraction of sp³-hybridized carbons (Fsp3) is 0.462. The van der Waals surface area contributed by atoms with Crippen LogP contribution in [0.15, 0.2) is 30.3 Å². The van der Waals surface area contributed by atoms with E-state index in [1.807, 2.05) is 30.3 Å². The monoisotopic (exact) mass is 238 g/mol. The highest BCUT2D eigenvalue weighted by molar-refractivity contribution is 7.99. The van der Waals surface area contributed by atoms with Gasteiger partial charge < -0.3 is 4.74 Å². The first-order chi connectivity index (χ1) is 7.83. The van der Waals surface area contributed by atoms with E-state index in [0.29, 0.717) is 12.4 Å². The quantitative estimate of drug-likeness (QED) is 0.539. The summed E-state index contributed by atoms with van der Waals surface area (Å²) in [6.07, 6.45) is 1.90. The van der Waals surface area contributed by atoms with Gasteiger partial charge in [-0.3, -0.25) is 4.79 Å². The number of ether oxygens (including phenoxy) is 1. The zero-order valence-electron chi connectivity index (χ0n) is 9.65. The highest BCUT2D eigenvalue weighted by Crippen LogP contribution is 2.03. The average Bonchev–Trinajstić information content (AvgIpc) is 2.31. The van der Waals surface area contributed by atoms with Gasteiger partial charge in [0.25, 0.3) is 0 Å². The van der Waals surface area contributed by atoms with Gasteiger partial charge in [0, 0.05) is 6.42 Å². The van der Waals surface area contributed by atoms with E-state index in [-0.39, 0.29) is 5.97 Å². The Morgan fingerprint density at radius 3 is 2.75 bits per heavy atom. The van der Waals surface area contributed by atoms with E-state index in [0.717, 1.165) is 18.6 Å². The third kappa shape index (κ3) is 5.81. The molecule has 0 saturated heterocycles. The molecule has 0 fully saturated rings. The van der Waals surface area contributed by atoms with Crippen LogP contribution in [0.2, 0.25) is 0 Å². The van der Waals surface area contributed by atoms with Crippen molar-refractivity contribution in [3.63, 3.8) is 0 Å². The third-order valence-corrected chi connectivity index (χ3v) is 3.20. The fourth-order valence-electron chi connectivity index (χ4n) is 1.27. The van der Waals surface area contributed by atoms with E-state index < -0.39 is 0 Å². The first-order valence-electron chi connectivity index (χ1n) is 5.60. The molecule has 0 amide bonds. The van der Waals surface area contributed by atoms with Crippen LogP contribution in [0.25, 0.3) is 0 Å². The van der Waals surface area contributed by atoms with Gasteiger partial charge in [-0.2, -0.15) is 11.8 Å². The van der Waals surface area contributed by atoms with E-state index in [2.05, 4.69) is 6.92 Å². The summed E-state index contributed by atoms with van der Waals surface area (Å²) in [5.41, 5.74) is 1.21. The zero-order valence-corrected chi connectivity index (χ0v) is 10.5. The summed E-state index contributed by atoms with van der Waals surface area (Å²) < 4.78 is 5.13. The Morgan fingerprint density at radius 1 is 1.31 bits per heavy atom. The van der Waals surface area contributed by atoms with Crippen LogP contribution in [0.5, 0.6) is 0 Å². The molecule has 3 heteroatoms. The van der Waals surface area contributed by atoms with Crippen molar-refractivity contribution in [2.75, 3.05) is 18.1 Å². The summed E-state index contributed by atoms with van der Waals surface area (Å²) in [5, 5.41) is 0. The van der Waals surface area contributed by atoms with E-state index in [1.165, 1.54) is 5.56 Å². The van der Waals surface area contributed by atoms with Gasteiger partial charge in [-0.05, 0) is 17.7 Å². The van der Waals surface area contributed by atoms with Crippen molar-refractivity contribution in [3.8, 4) is 0 Å². The summed E-state index contributed by atoms with van der Waals surface area (Å²) in [5.74, 6) is 1.39. The van der Waals surface area contributed by atoms with Crippen LogP contribution < -0.4 is 0 Å². The normalized spacial score (nSPS) is 10.1. The van der Waals surface area contributed by atoms with Gasteiger partial charge in [0.1, 0.15) is 0 Å². The minimum Gasteiger partial charge on any atom is -0.465 e. The molecule has 0 heterocycles. The molecule has 0 radical (unpaired) electrons. The SMILES string of the molecule is CCCSCC(=O)OCCc1ccccc1. The van der Waals surface area contributed by atoms with Crippen molar-refractivity contribution in [1.82, 2.24) is 0 Å². The van der Waals surface area contributed by atoms with E-state index in [9.17, 15) is 4.79 Å². The van der Waals surface area contributed by atoms with Crippen LogP contribution >= 0.6 is 11.8 Å². The van der Waals surface area contributed by atoms with Crippen LogP contribution in [0.3, 0.4) is 0 Å². The summed E-state index contributed by atoms with van der Waals surface area (Å²) in [6.45, 7) is 2.59. The molecule has 0 N–H and O–H groups in total. The van der Waals surface area contributed by atoms with Crippen molar-refractivity contribution in [2.24, 2.45) is 0 Å². The molecule has 1 aromatic rings. The molecule has 0 aliphatic rings. The summed E-state index contributed by atoms with van der Waals surface area (Å²) in [7, 11) is 0. The lowest BCUT2D eigenvalue weighted by molar-refractivity contribution is -0.140. The van der Waals surface area contributed by atoms with Gasteiger partial charge in [0.15, 0.2) is 0 Å². The maximum absolute atomic E-state index is 11.3. The predicted octanol–water partition coefficient (Wildman–Crippen LogP) is 2.92. The molecule has 16 heavy (non-hydrogen) atoms. The maximum Gasteiger partial charge on any atom is 0.315 e. The van der Waals surface area contributed by atoms with Crippen LogP contribution in [-0.2, 0) is 16.0 Å². The molecule has 2 nitrogen and oxygen atoms in total. The average molecular weight is 238 g/mol. The van der Waals surface area contributed by atoms with E-state index in [4.69, 9.17) is 4.74 Å². The van der Waals surface area contributed by atoms with Crippen molar-refractivity contribution < 1.29 is 9.53 Å². The molecule has 88 valence electrons. The Balaban J connectivity index is 2.09. The molecule has 0 spiro atoms. The molecule has 0 aliphatic carbocycles. The molecule has 0 saturated carbocycles. The Morgan fingerprint density at radius 2 is 2.06 bits per heavy atom. The first kappa shape index (κ1) is 13.1. The zero-order chi connectivity index (χ0) is 11.6. The molecule has 0 aliphatic heterocycles. The smallest absolute Gasteiger partial charge is 0.315 e. The highest BCUT2D eigenvalue weighted by Gasteiger charge is 2.02. The molecule has 0 unspecified atom stereocenters. The van der Waals surface area contributed by atoms with Gasteiger partial charge >= 0.3 is 5.97 Å². The lowest BCUT2D eigenvalue weighted by Gasteiger charge is -2.04. The topological polar surface area (TPSA) is 26.3 Å². The summed E-state index contributed by atoms with van der Waals surface area (Å²) in [4.78, 5) is 11.3. The summed E-state index contributed by atoms with van der Waals surface area (Å²) >= 11 is 1.63. The second-order valence-electron chi connectivity index (χ2n) is 3.51. The molecule has 0 atom stereocenters. The van der Waals surface area contributed by atoms with E-state index >= 15 is 0 Å². The number of hydrogen-bond acceptors (Lipinski definition) is 3. The maximum atomic E-state index is 11.3. The minimum atomic E-state index is -0.102. The third-order valence-electron chi connectivity index (χ3n) is 2.06. The minimum absolute atomic E-state index is 0.102. The van der Waals surface area contributed by atoms with Crippen molar-refractivity contribution in [1.29, 1.82) is 0 Å². The number of rotatable bonds is 7. The number of thioether (sulfide) groups is 1. The summed E-state index contributed by atoms with van der Waals surface area (Å²) in [6, 6.07) is 10.1. The van der Waals surface area contributed by atoms with Gasteiger partial charge in [-0.15, -0.1) is 0 Å². The van der Waals surface area contributed by atoms with Gasteiger partial charge in [0.2, 0.25) is 0 Å². The second kappa shape index (κ2) is 8.22. The number of esters is 1. The predicted molar refractivity (Wildman–Crippen MR) is 68.7 cm³/mol. The van der Waals surface area contributed by atoms with Crippen LogP contribution in [0, 0.1) is 0 Å². The van der Waals surface area contributed by atoms with E-state index in [1.54, 1.807) is 11.8 Å². The van der Waals surface area contributed by atoms with Crippen LogP contribution in [0.1, 0.15) is 18.9 Å². The molecular weight excluding hydrogens is 220 g/mol. The Kier molecular flexibility index (Phi) is 6.74. The molecule has 0 bridgehead atoms. The number of benzene rings is 1. The molecule has 1 rings (SSSR count). The van der Waals surface area contributed by atoms with Crippen LogP contribution in [-0.4, -0.2) is 24.1 Å². The van der Waals surface area contributed by atoms with Crippen molar-refractivity contribution in [2.45, 2.75) is 19.8 Å². The van der Waals surface area contributed by atoms with Gasteiger partial charge in [-0.1, -0.05) is 37.3 Å².